The molecule has 0 atom stereocenters. The molecular formula is C24H24N2O3S. The highest BCUT2D eigenvalue weighted by molar-refractivity contribution is 7.18. The van der Waals surface area contributed by atoms with E-state index in [0.717, 1.165) is 52.0 Å². The summed E-state index contributed by atoms with van der Waals surface area (Å²) in [5, 5.41) is 12.2. The number of aliphatic hydroxyl groups excluding tert-OH is 1. The predicted molar refractivity (Wildman–Crippen MR) is 121 cm³/mol. The highest BCUT2D eigenvalue weighted by atomic mass is 32.1. The maximum Gasteiger partial charge on any atom is 0.263 e. The number of hydrogen-bond acceptors (Lipinski definition) is 5. The number of fused-ring (bicyclic) bond motifs is 2. The summed E-state index contributed by atoms with van der Waals surface area (Å²) in [6.07, 6.45) is 6.06. The van der Waals surface area contributed by atoms with Crippen molar-refractivity contribution in [2.24, 2.45) is 5.92 Å². The van der Waals surface area contributed by atoms with E-state index in [1.807, 2.05) is 48.7 Å². The molecule has 1 N–H and O–H groups in total. The van der Waals surface area contributed by atoms with Gasteiger partial charge in [-0.25, -0.2) is 4.98 Å². The molecule has 6 heteroatoms. The quantitative estimate of drug-likeness (QED) is 0.511. The third-order valence-corrected chi connectivity index (χ3v) is 7.41. The summed E-state index contributed by atoms with van der Waals surface area (Å²) in [5.41, 5.74) is 1.59. The van der Waals surface area contributed by atoms with Gasteiger partial charge in [-0.05, 0) is 55.2 Å². The zero-order valence-corrected chi connectivity index (χ0v) is 17.7. The number of aliphatic hydroxyl groups is 1. The van der Waals surface area contributed by atoms with Crippen molar-refractivity contribution in [2.45, 2.75) is 31.6 Å². The number of methoxy groups -OCH3 is 1. The molecule has 0 radical (unpaired) electrons. The molecule has 2 heterocycles. The second-order valence-electron chi connectivity index (χ2n) is 8.02. The molecule has 4 aromatic rings. The lowest BCUT2D eigenvalue weighted by Crippen LogP contribution is -2.18. The molecule has 1 saturated carbocycles. The fraction of sp³-hybridized carbons (Fsp3) is 0.333. The first-order chi connectivity index (χ1) is 14.7. The Bertz CT molecular complexity index is 1270. The van der Waals surface area contributed by atoms with E-state index >= 15 is 0 Å². The first-order valence-electron chi connectivity index (χ1n) is 10.4. The second kappa shape index (κ2) is 7.85. The van der Waals surface area contributed by atoms with Crippen LogP contribution in [-0.2, 0) is 0 Å². The normalized spacial score (nSPS) is 19.4. The van der Waals surface area contributed by atoms with Crippen molar-refractivity contribution in [3.63, 3.8) is 0 Å². The van der Waals surface area contributed by atoms with Crippen LogP contribution < -0.4 is 10.3 Å². The van der Waals surface area contributed by atoms with Crippen LogP contribution >= 0.6 is 11.3 Å². The Morgan fingerprint density at radius 1 is 1.17 bits per heavy atom. The van der Waals surface area contributed by atoms with Crippen LogP contribution in [0.25, 0.3) is 26.7 Å². The highest BCUT2D eigenvalue weighted by Crippen LogP contribution is 2.40. The standard InChI is InChI=1S/C24H24N2O3S/c1-29-21-12-19-22(30-23(25-19)17-8-6-15(14-27)7-9-17)13-20(21)26-11-10-16-4-2-3-5-18(16)24(26)28/h2-5,10-13,15,17,27H,6-9,14H2,1H3/t15-,17-. The van der Waals surface area contributed by atoms with E-state index in [-0.39, 0.29) is 12.2 Å². The van der Waals surface area contributed by atoms with Crippen molar-refractivity contribution < 1.29 is 9.84 Å². The first-order valence-corrected chi connectivity index (χ1v) is 11.2. The number of benzene rings is 2. The van der Waals surface area contributed by atoms with E-state index in [1.54, 1.807) is 23.0 Å². The molecule has 0 unspecified atom stereocenters. The minimum atomic E-state index is -0.0576. The van der Waals surface area contributed by atoms with Crippen molar-refractivity contribution >= 4 is 32.3 Å². The SMILES string of the molecule is COc1cc2nc([C@H]3CC[C@H](CO)CC3)sc2cc1-n1ccc2ccccc2c1=O. The Hall–Kier alpha value is -2.70. The van der Waals surface area contributed by atoms with Gasteiger partial charge in [0.05, 0.1) is 28.0 Å². The van der Waals surface area contributed by atoms with Crippen molar-refractivity contribution in [3.8, 4) is 11.4 Å². The number of rotatable bonds is 4. The van der Waals surface area contributed by atoms with Gasteiger partial charge >= 0.3 is 0 Å². The topological polar surface area (TPSA) is 64.3 Å². The molecule has 5 nitrogen and oxygen atoms in total. The Morgan fingerprint density at radius 2 is 1.97 bits per heavy atom. The van der Waals surface area contributed by atoms with E-state index < -0.39 is 0 Å². The van der Waals surface area contributed by atoms with Gasteiger partial charge in [0.2, 0.25) is 0 Å². The molecule has 0 aliphatic heterocycles. The number of pyridine rings is 1. The molecule has 0 bridgehead atoms. The maximum absolute atomic E-state index is 13.1. The second-order valence-corrected chi connectivity index (χ2v) is 9.08. The van der Waals surface area contributed by atoms with Crippen LogP contribution in [0.3, 0.4) is 0 Å². The van der Waals surface area contributed by atoms with E-state index in [2.05, 4.69) is 0 Å². The molecule has 30 heavy (non-hydrogen) atoms. The summed E-state index contributed by atoms with van der Waals surface area (Å²) in [6.45, 7) is 0.285. The van der Waals surface area contributed by atoms with Crippen LogP contribution in [0.5, 0.6) is 5.75 Å². The van der Waals surface area contributed by atoms with Crippen molar-refractivity contribution in [1.82, 2.24) is 9.55 Å². The van der Waals surface area contributed by atoms with Crippen LogP contribution in [0.1, 0.15) is 36.6 Å². The lowest BCUT2D eigenvalue weighted by molar-refractivity contribution is 0.182. The Kier molecular flexibility index (Phi) is 5.05. The molecule has 154 valence electrons. The fourth-order valence-corrected chi connectivity index (χ4v) is 5.61. The van der Waals surface area contributed by atoms with Crippen molar-refractivity contribution in [2.75, 3.05) is 13.7 Å². The fourth-order valence-electron chi connectivity index (χ4n) is 4.46. The number of thiazole rings is 1. The predicted octanol–water partition coefficient (Wildman–Crippen LogP) is 4.88. The molecule has 0 spiro atoms. The molecule has 5 rings (SSSR count). The van der Waals surface area contributed by atoms with Crippen LogP contribution in [0.2, 0.25) is 0 Å². The molecule has 0 saturated heterocycles. The van der Waals surface area contributed by atoms with E-state index in [0.29, 0.717) is 23.0 Å². The van der Waals surface area contributed by atoms with Gasteiger partial charge in [0.1, 0.15) is 5.75 Å². The first kappa shape index (κ1) is 19.3. The molecule has 1 aliphatic rings. The number of aromatic nitrogens is 2. The lowest BCUT2D eigenvalue weighted by Gasteiger charge is -2.25. The van der Waals surface area contributed by atoms with E-state index in [4.69, 9.17) is 9.72 Å². The number of ether oxygens (including phenoxy) is 1. The van der Waals surface area contributed by atoms with Crippen molar-refractivity contribution in [1.29, 1.82) is 0 Å². The molecular weight excluding hydrogens is 396 g/mol. The molecule has 0 amide bonds. The maximum atomic E-state index is 13.1. The molecule has 2 aromatic carbocycles. The van der Waals surface area contributed by atoms with E-state index in [9.17, 15) is 9.90 Å². The van der Waals surface area contributed by atoms with Crippen LogP contribution in [0, 0.1) is 5.92 Å². The molecule has 1 fully saturated rings. The average molecular weight is 421 g/mol. The van der Waals surface area contributed by atoms with Gasteiger partial charge < -0.3 is 9.84 Å². The van der Waals surface area contributed by atoms with Crippen molar-refractivity contribution in [3.05, 3.63) is 64.0 Å². The average Bonchev–Trinajstić information content (AvgIpc) is 3.22. The van der Waals surface area contributed by atoms with E-state index in [1.165, 1.54) is 0 Å². The summed E-state index contributed by atoms with van der Waals surface area (Å²) in [7, 11) is 1.63. The summed E-state index contributed by atoms with van der Waals surface area (Å²) in [6, 6.07) is 13.5. The van der Waals surface area contributed by atoms with Gasteiger partial charge in [-0.1, -0.05) is 18.2 Å². The summed E-state index contributed by atoms with van der Waals surface area (Å²) < 4.78 is 8.35. The Morgan fingerprint density at radius 3 is 2.73 bits per heavy atom. The van der Waals surface area contributed by atoms with Crippen LogP contribution in [0.4, 0.5) is 0 Å². The number of hydrogen-bond donors (Lipinski definition) is 1. The van der Waals surface area contributed by atoms with Crippen LogP contribution in [-0.4, -0.2) is 28.4 Å². The smallest absolute Gasteiger partial charge is 0.263 e. The van der Waals surface area contributed by atoms with Gasteiger partial charge in [0.15, 0.2) is 0 Å². The zero-order valence-electron chi connectivity index (χ0n) is 16.9. The van der Waals surface area contributed by atoms with Gasteiger partial charge in [0.25, 0.3) is 5.56 Å². The van der Waals surface area contributed by atoms with Gasteiger partial charge in [-0.3, -0.25) is 9.36 Å². The minimum absolute atomic E-state index is 0.0576. The van der Waals surface area contributed by atoms with Gasteiger partial charge in [-0.15, -0.1) is 11.3 Å². The van der Waals surface area contributed by atoms with Gasteiger partial charge in [0, 0.05) is 30.2 Å². The highest BCUT2D eigenvalue weighted by Gasteiger charge is 2.25. The molecule has 1 aliphatic carbocycles. The number of nitrogens with zero attached hydrogens (tertiary/aromatic N) is 2. The minimum Gasteiger partial charge on any atom is -0.494 e. The summed E-state index contributed by atoms with van der Waals surface area (Å²) in [5.74, 6) is 1.52. The Balaban J connectivity index is 1.58. The summed E-state index contributed by atoms with van der Waals surface area (Å²) >= 11 is 1.71. The molecule has 2 aromatic heterocycles. The largest absolute Gasteiger partial charge is 0.494 e. The van der Waals surface area contributed by atoms with Crippen LogP contribution in [0.15, 0.2) is 53.5 Å². The lowest BCUT2D eigenvalue weighted by atomic mass is 9.83. The Labute approximate surface area is 178 Å². The summed E-state index contributed by atoms with van der Waals surface area (Å²) in [4.78, 5) is 18.0. The monoisotopic (exact) mass is 420 g/mol. The van der Waals surface area contributed by atoms with Gasteiger partial charge in [-0.2, -0.15) is 0 Å². The third kappa shape index (κ3) is 3.30. The third-order valence-electron chi connectivity index (χ3n) is 6.23. The zero-order chi connectivity index (χ0) is 20.7.